The minimum Gasteiger partial charge on any atom is -0.494 e. The summed E-state index contributed by atoms with van der Waals surface area (Å²) in [5.41, 5.74) is -1.20. The largest absolute Gasteiger partial charge is 0.573 e. The Morgan fingerprint density at radius 1 is 0.953 bits per heavy atom. The molecule has 0 aromatic heterocycles. The number of carbonyl (C=O) groups excluding carboxylic acids is 1. The Bertz CT molecular complexity index is 1230. The molecule has 1 aliphatic rings. The number of nitrogens with zero attached hydrogens (tertiary/aromatic N) is 1. The van der Waals surface area contributed by atoms with Crippen LogP contribution in [0.1, 0.15) is 70.4 Å². The van der Waals surface area contributed by atoms with Gasteiger partial charge in [0, 0.05) is 24.7 Å². The highest BCUT2D eigenvalue weighted by molar-refractivity contribution is 5.89. The first-order valence-corrected chi connectivity index (χ1v) is 13.9. The summed E-state index contributed by atoms with van der Waals surface area (Å²) in [5, 5.41) is 11.2. The van der Waals surface area contributed by atoms with Crippen LogP contribution in [0.5, 0.6) is 11.5 Å². The molecule has 238 valence electrons. The second-order valence-electron chi connectivity index (χ2n) is 11.7. The molecule has 0 saturated heterocycles. The van der Waals surface area contributed by atoms with Crippen LogP contribution in [-0.4, -0.2) is 41.0 Å². The molecule has 3 rings (SSSR count). The molecule has 0 bridgehead atoms. The number of hydrogen-bond donors (Lipinski definition) is 2. The number of ether oxygens (including phenoxy) is 2. The van der Waals surface area contributed by atoms with Gasteiger partial charge in [-0.2, -0.15) is 13.2 Å². The third kappa shape index (κ3) is 10.5. The summed E-state index contributed by atoms with van der Waals surface area (Å²) < 4.78 is 87.8. The predicted molar refractivity (Wildman–Crippen MR) is 147 cm³/mol. The summed E-state index contributed by atoms with van der Waals surface area (Å²) >= 11 is 0. The molecule has 43 heavy (non-hydrogen) atoms. The van der Waals surface area contributed by atoms with Crippen LogP contribution in [-0.2, 0) is 17.5 Å². The van der Waals surface area contributed by atoms with Crippen LogP contribution in [0, 0.1) is 11.3 Å². The zero-order valence-electron chi connectivity index (χ0n) is 24.1. The van der Waals surface area contributed by atoms with Gasteiger partial charge in [0.2, 0.25) is 0 Å². The van der Waals surface area contributed by atoms with Crippen molar-refractivity contribution in [2.24, 2.45) is 11.3 Å². The standard InChI is InChI=1S/C30H36F6N2O5/c1-28(2,3)20-8-11-22(12-9-20)38(18-19-6-13-23(14-7-19)42-16-4-5-26(39)40)27(41)37-21-10-15-25(43-30(34,35)36)24(17-21)29(31,32)33/h6-7,10,13-15,17,20,22H,4-5,8-9,11-12,16,18H2,1-3H3,(H,37,41)(H,39,40). The van der Waals surface area contributed by atoms with Gasteiger partial charge in [0.05, 0.1) is 12.2 Å². The number of aliphatic carboxylic acids is 1. The zero-order chi connectivity index (χ0) is 32.0. The van der Waals surface area contributed by atoms with Gasteiger partial charge in [0.25, 0.3) is 0 Å². The van der Waals surface area contributed by atoms with Crippen LogP contribution >= 0.6 is 0 Å². The lowest BCUT2D eigenvalue weighted by atomic mass is 9.71. The lowest BCUT2D eigenvalue weighted by Crippen LogP contribution is -2.45. The molecular weight excluding hydrogens is 582 g/mol. The van der Waals surface area contributed by atoms with E-state index in [0.717, 1.165) is 24.5 Å². The Morgan fingerprint density at radius 3 is 2.12 bits per heavy atom. The third-order valence-electron chi connectivity index (χ3n) is 7.46. The lowest BCUT2D eigenvalue weighted by molar-refractivity contribution is -0.276. The highest BCUT2D eigenvalue weighted by Gasteiger charge is 2.40. The molecule has 0 heterocycles. The first-order valence-electron chi connectivity index (χ1n) is 13.9. The van der Waals surface area contributed by atoms with Crippen LogP contribution in [0.4, 0.5) is 36.8 Å². The zero-order valence-corrected chi connectivity index (χ0v) is 24.1. The van der Waals surface area contributed by atoms with E-state index in [1.54, 1.807) is 24.3 Å². The fraction of sp³-hybridized carbons (Fsp3) is 0.533. The van der Waals surface area contributed by atoms with Gasteiger partial charge in [-0.25, -0.2) is 4.79 Å². The van der Waals surface area contributed by atoms with Crippen molar-refractivity contribution in [1.29, 1.82) is 0 Å². The van der Waals surface area contributed by atoms with Crippen molar-refractivity contribution < 1.29 is 50.5 Å². The molecule has 1 saturated carbocycles. The van der Waals surface area contributed by atoms with Gasteiger partial charge in [-0.3, -0.25) is 4.79 Å². The van der Waals surface area contributed by atoms with E-state index in [9.17, 15) is 35.9 Å². The smallest absolute Gasteiger partial charge is 0.494 e. The molecule has 0 radical (unpaired) electrons. The molecule has 7 nitrogen and oxygen atoms in total. The Kier molecular flexibility index (Phi) is 10.8. The first kappa shape index (κ1) is 33.9. The van der Waals surface area contributed by atoms with Gasteiger partial charge in [0.1, 0.15) is 11.5 Å². The van der Waals surface area contributed by atoms with Crippen molar-refractivity contribution in [2.45, 2.75) is 84.4 Å². The maximum absolute atomic E-state index is 13.6. The minimum atomic E-state index is -5.33. The summed E-state index contributed by atoms with van der Waals surface area (Å²) in [7, 11) is 0. The Labute approximate surface area is 246 Å². The highest BCUT2D eigenvalue weighted by atomic mass is 19.4. The molecule has 0 atom stereocenters. The maximum atomic E-state index is 13.6. The van der Waals surface area contributed by atoms with E-state index in [1.807, 2.05) is 0 Å². The van der Waals surface area contributed by atoms with Gasteiger partial charge in [-0.1, -0.05) is 32.9 Å². The van der Waals surface area contributed by atoms with E-state index < -0.39 is 35.9 Å². The summed E-state index contributed by atoms with van der Waals surface area (Å²) in [6.07, 6.45) is -7.13. The van der Waals surface area contributed by atoms with Crippen molar-refractivity contribution in [3.8, 4) is 11.5 Å². The number of amides is 2. The van der Waals surface area contributed by atoms with E-state index in [4.69, 9.17) is 9.84 Å². The van der Waals surface area contributed by atoms with E-state index in [0.29, 0.717) is 43.1 Å². The number of carboxylic acids is 1. The fourth-order valence-electron chi connectivity index (χ4n) is 5.16. The summed E-state index contributed by atoms with van der Waals surface area (Å²) in [4.78, 5) is 25.7. The minimum absolute atomic E-state index is 0.0256. The number of benzene rings is 2. The van der Waals surface area contributed by atoms with Gasteiger partial charge < -0.3 is 24.8 Å². The van der Waals surface area contributed by atoms with Gasteiger partial charge in [0.15, 0.2) is 0 Å². The van der Waals surface area contributed by atoms with E-state index in [-0.39, 0.29) is 36.7 Å². The second kappa shape index (κ2) is 13.8. The first-order chi connectivity index (χ1) is 19.9. The molecule has 0 aliphatic heterocycles. The van der Waals surface area contributed by atoms with E-state index >= 15 is 0 Å². The van der Waals surface area contributed by atoms with Crippen molar-refractivity contribution in [1.82, 2.24) is 4.90 Å². The molecule has 1 aliphatic carbocycles. The summed E-state index contributed by atoms with van der Waals surface area (Å²) in [5.74, 6) is -1.40. The number of alkyl halides is 6. The molecule has 2 amide bonds. The van der Waals surface area contributed by atoms with E-state index in [1.165, 1.54) is 4.90 Å². The Hall–Kier alpha value is -3.64. The predicted octanol–water partition coefficient (Wildman–Crippen LogP) is 8.49. The summed E-state index contributed by atoms with van der Waals surface area (Å²) in [6.45, 7) is 6.79. The van der Waals surface area contributed by atoms with Crippen molar-refractivity contribution in [3.05, 3.63) is 53.6 Å². The van der Waals surface area contributed by atoms with Crippen molar-refractivity contribution in [3.63, 3.8) is 0 Å². The number of carboxylic acid groups (broad SMARTS) is 1. The second-order valence-corrected chi connectivity index (χ2v) is 11.7. The molecule has 2 aromatic rings. The van der Waals surface area contributed by atoms with Crippen LogP contribution in [0.25, 0.3) is 0 Å². The number of anilines is 1. The van der Waals surface area contributed by atoms with Crippen molar-refractivity contribution >= 4 is 17.7 Å². The number of halogens is 6. The number of nitrogens with one attached hydrogen (secondary N) is 1. The highest BCUT2D eigenvalue weighted by Crippen LogP contribution is 2.41. The lowest BCUT2D eigenvalue weighted by Gasteiger charge is -2.41. The third-order valence-corrected chi connectivity index (χ3v) is 7.46. The number of rotatable bonds is 10. The molecule has 13 heteroatoms. The number of hydrogen-bond acceptors (Lipinski definition) is 4. The van der Waals surface area contributed by atoms with Gasteiger partial charge in [-0.05, 0) is 79.3 Å². The average Bonchev–Trinajstić information content (AvgIpc) is 2.89. The number of carbonyl (C=O) groups is 2. The topological polar surface area (TPSA) is 88.1 Å². The van der Waals surface area contributed by atoms with Crippen LogP contribution in [0.15, 0.2) is 42.5 Å². The van der Waals surface area contributed by atoms with Crippen molar-refractivity contribution in [2.75, 3.05) is 11.9 Å². The molecule has 2 aromatic carbocycles. The van der Waals surface area contributed by atoms with Crippen LogP contribution in [0.3, 0.4) is 0 Å². The van der Waals surface area contributed by atoms with Crippen LogP contribution < -0.4 is 14.8 Å². The molecule has 0 unspecified atom stereocenters. The van der Waals surface area contributed by atoms with E-state index in [2.05, 4.69) is 30.8 Å². The molecule has 2 N–H and O–H groups in total. The van der Waals surface area contributed by atoms with Gasteiger partial charge in [-0.15, -0.1) is 13.2 Å². The normalized spacial score (nSPS) is 17.7. The maximum Gasteiger partial charge on any atom is 0.573 e. The number of urea groups is 1. The Balaban J connectivity index is 1.80. The Morgan fingerprint density at radius 2 is 1.58 bits per heavy atom. The molecular formula is C30H36F6N2O5. The van der Waals surface area contributed by atoms with Gasteiger partial charge >= 0.3 is 24.5 Å². The monoisotopic (exact) mass is 618 g/mol. The molecule has 1 fully saturated rings. The average molecular weight is 619 g/mol. The van der Waals surface area contributed by atoms with Crippen LogP contribution in [0.2, 0.25) is 0 Å². The summed E-state index contributed by atoms with van der Waals surface area (Å²) in [6, 6.07) is 7.79. The SMILES string of the molecule is CC(C)(C)C1CCC(N(Cc2ccc(OCCCC(=O)O)cc2)C(=O)Nc2ccc(OC(F)(F)F)c(C(F)(F)F)c2)CC1. The molecule has 0 spiro atoms. The quantitative estimate of drug-likeness (QED) is 0.206. The fourth-order valence-corrected chi connectivity index (χ4v) is 5.16.